The zero-order valence-electron chi connectivity index (χ0n) is 19.0. The molecule has 0 bridgehead atoms. The molecule has 8 heteroatoms. The summed E-state index contributed by atoms with van der Waals surface area (Å²) in [6.45, 7) is 4.82. The number of carbonyl (C=O) groups is 2. The molecule has 2 aromatic rings. The number of ether oxygens (including phenoxy) is 1. The fraction of sp³-hybridized carbons (Fsp3) is 0.417. The maximum absolute atomic E-state index is 12.4. The molecule has 0 radical (unpaired) electrons. The van der Waals surface area contributed by atoms with Crippen LogP contribution in [0.5, 0.6) is 0 Å². The Labute approximate surface area is 189 Å². The van der Waals surface area contributed by atoms with Crippen molar-refractivity contribution in [2.24, 2.45) is 0 Å². The summed E-state index contributed by atoms with van der Waals surface area (Å²) in [7, 11) is 1.67. The van der Waals surface area contributed by atoms with Crippen molar-refractivity contribution in [1.82, 2.24) is 15.3 Å². The third-order valence-corrected chi connectivity index (χ3v) is 4.82. The summed E-state index contributed by atoms with van der Waals surface area (Å²) >= 11 is 0. The summed E-state index contributed by atoms with van der Waals surface area (Å²) in [5, 5.41) is 12.1. The maximum Gasteiger partial charge on any atom is 0.371 e. The summed E-state index contributed by atoms with van der Waals surface area (Å²) in [4.78, 5) is 33.9. The van der Waals surface area contributed by atoms with E-state index in [9.17, 15) is 14.7 Å². The molecule has 2 rings (SSSR count). The van der Waals surface area contributed by atoms with Gasteiger partial charge in [-0.15, -0.1) is 0 Å². The van der Waals surface area contributed by atoms with Crippen LogP contribution in [-0.2, 0) is 9.53 Å². The van der Waals surface area contributed by atoms with E-state index in [2.05, 4.69) is 22.2 Å². The fourth-order valence-corrected chi connectivity index (χ4v) is 3.02. The van der Waals surface area contributed by atoms with Crippen molar-refractivity contribution < 1.29 is 19.4 Å². The number of nitrogens with zero attached hydrogens (tertiary/aromatic N) is 3. The van der Waals surface area contributed by atoms with Crippen LogP contribution in [0.1, 0.15) is 51.5 Å². The van der Waals surface area contributed by atoms with E-state index in [0.717, 1.165) is 18.4 Å². The highest BCUT2D eigenvalue weighted by Gasteiger charge is 2.13. The molecule has 1 aromatic heterocycles. The van der Waals surface area contributed by atoms with Gasteiger partial charge >= 0.3 is 12.0 Å². The van der Waals surface area contributed by atoms with E-state index in [1.165, 1.54) is 30.2 Å². The molecule has 1 aromatic carbocycles. The molecule has 0 spiro atoms. The Morgan fingerprint density at radius 2 is 1.81 bits per heavy atom. The van der Waals surface area contributed by atoms with Crippen LogP contribution in [0.15, 0.2) is 42.3 Å². The van der Waals surface area contributed by atoms with Gasteiger partial charge in [-0.3, -0.25) is 4.90 Å². The van der Waals surface area contributed by atoms with Crippen LogP contribution in [0, 0.1) is 0 Å². The van der Waals surface area contributed by atoms with Crippen molar-refractivity contribution in [3.05, 3.63) is 47.9 Å². The summed E-state index contributed by atoms with van der Waals surface area (Å²) in [5.41, 5.74) is 1.44. The summed E-state index contributed by atoms with van der Waals surface area (Å²) < 4.78 is 5.13. The predicted octanol–water partition coefficient (Wildman–Crippen LogP) is 4.72. The number of carboxylic acids is 1. The molecular formula is C24H32N4O4. The van der Waals surface area contributed by atoms with Crippen molar-refractivity contribution in [2.75, 3.05) is 25.1 Å². The van der Waals surface area contributed by atoms with Crippen LogP contribution in [0.4, 0.5) is 10.6 Å². The second-order valence-corrected chi connectivity index (χ2v) is 7.31. The number of anilines is 1. The van der Waals surface area contributed by atoms with Gasteiger partial charge < -0.3 is 15.2 Å². The van der Waals surface area contributed by atoms with Gasteiger partial charge in [0.25, 0.3) is 0 Å². The quantitative estimate of drug-likeness (QED) is 0.281. The molecule has 0 aliphatic carbocycles. The summed E-state index contributed by atoms with van der Waals surface area (Å²) in [6, 6.07) is 8.61. The first kappa shape index (κ1) is 24.8. The first-order chi connectivity index (χ1) is 15.5. The van der Waals surface area contributed by atoms with Gasteiger partial charge in [-0.1, -0.05) is 56.9 Å². The Morgan fingerprint density at radius 1 is 1.09 bits per heavy atom. The molecule has 0 atom stereocenters. The predicted molar refractivity (Wildman–Crippen MR) is 125 cm³/mol. The number of nitrogens with one attached hydrogen (secondary N) is 1. The molecule has 2 amide bonds. The highest BCUT2D eigenvalue weighted by molar-refractivity contribution is 5.91. The number of aromatic nitrogens is 2. The van der Waals surface area contributed by atoms with E-state index in [1.807, 2.05) is 0 Å². The van der Waals surface area contributed by atoms with E-state index in [-0.39, 0.29) is 18.4 Å². The highest BCUT2D eigenvalue weighted by atomic mass is 16.5. The van der Waals surface area contributed by atoms with Crippen molar-refractivity contribution in [3.63, 3.8) is 0 Å². The van der Waals surface area contributed by atoms with Crippen molar-refractivity contribution in [2.45, 2.75) is 46.0 Å². The Balaban J connectivity index is 2.03. The van der Waals surface area contributed by atoms with Crippen LogP contribution in [-0.4, -0.2) is 47.3 Å². The number of unbranched alkanes of at least 4 members (excludes halogenated alkanes) is 4. The normalized spacial score (nSPS) is 11.2. The third kappa shape index (κ3) is 7.68. The van der Waals surface area contributed by atoms with Crippen molar-refractivity contribution >= 4 is 23.9 Å². The van der Waals surface area contributed by atoms with E-state index < -0.39 is 5.97 Å². The van der Waals surface area contributed by atoms with Gasteiger partial charge in [-0.05, 0) is 31.1 Å². The zero-order valence-corrected chi connectivity index (χ0v) is 19.0. The van der Waals surface area contributed by atoms with Gasteiger partial charge in [0.05, 0.1) is 6.61 Å². The Kier molecular flexibility index (Phi) is 10.2. The molecule has 2 N–H and O–H groups in total. The number of carbonyl (C=O) groups excluding carboxylic acids is 1. The van der Waals surface area contributed by atoms with Crippen LogP contribution in [0.3, 0.4) is 0 Å². The lowest BCUT2D eigenvalue weighted by Crippen LogP contribution is -2.38. The maximum atomic E-state index is 12.4. The molecule has 0 saturated heterocycles. The Bertz CT molecular complexity index is 912. The largest absolute Gasteiger partial charge is 0.487 e. The summed E-state index contributed by atoms with van der Waals surface area (Å²) in [6.07, 6.45) is 8.75. The average molecular weight is 441 g/mol. The number of aliphatic carboxylic acids is 1. The molecule has 0 unspecified atom stereocenters. The average Bonchev–Trinajstić information content (AvgIpc) is 2.81. The number of rotatable bonds is 12. The lowest BCUT2D eigenvalue weighted by molar-refractivity contribution is -0.136. The van der Waals surface area contributed by atoms with Gasteiger partial charge in [0.2, 0.25) is 5.76 Å². The van der Waals surface area contributed by atoms with E-state index in [4.69, 9.17) is 4.74 Å². The Hall–Kier alpha value is -3.42. The molecule has 8 nitrogen and oxygen atoms in total. The van der Waals surface area contributed by atoms with Crippen LogP contribution in [0.25, 0.3) is 17.5 Å². The fourth-order valence-electron chi connectivity index (χ4n) is 3.02. The molecule has 32 heavy (non-hydrogen) atoms. The van der Waals surface area contributed by atoms with Crippen molar-refractivity contribution in [1.29, 1.82) is 0 Å². The second kappa shape index (κ2) is 13.1. The van der Waals surface area contributed by atoms with Gasteiger partial charge in [0.1, 0.15) is 5.82 Å². The van der Waals surface area contributed by atoms with E-state index in [1.54, 1.807) is 50.5 Å². The Morgan fingerprint density at radius 3 is 2.47 bits per heavy atom. The lowest BCUT2D eigenvalue weighted by Gasteiger charge is -2.17. The zero-order chi connectivity index (χ0) is 23.3. The molecule has 0 fully saturated rings. The van der Waals surface area contributed by atoms with Crippen molar-refractivity contribution in [3.8, 4) is 11.4 Å². The smallest absolute Gasteiger partial charge is 0.371 e. The topological polar surface area (TPSA) is 105 Å². The third-order valence-electron chi connectivity index (χ3n) is 4.82. The van der Waals surface area contributed by atoms with E-state index >= 15 is 0 Å². The molecule has 1 heterocycles. The minimum absolute atomic E-state index is 0.114. The number of hydrogen-bond donors (Lipinski definition) is 2. The SMILES string of the molecule is CCCCCCCNC(=O)N(C)c1ccnc(-c2ccc(/C=C(\OCC)C(=O)O)cc2)n1. The molecule has 0 aliphatic heterocycles. The van der Waals surface area contributed by atoms with Gasteiger partial charge in [-0.25, -0.2) is 19.6 Å². The molecular weight excluding hydrogens is 408 g/mol. The van der Waals surface area contributed by atoms with Gasteiger partial charge in [0.15, 0.2) is 5.82 Å². The number of benzene rings is 1. The van der Waals surface area contributed by atoms with Gasteiger partial charge in [0, 0.05) is 25.4 Å². The number of urea groups is 1. The summed E-state index contributed by atoms with van der Waals surface area (Å²) in [5.74, 6) is -0.266. The first-order valence-corrected chi connectivity index (χ1v) is 11.0. The first-order valence-electron chi connectivity index (χ1n) is 11.0. The second-order valence-electron chi connectivity index (χ2n) is 7.31. The van der Waals surface area contributed by atoms with E-state index in [0.29, 0.717) is 23.8 Å². The monoisotopic (exact) mass is 440 g/mol. The number of carboxylic acid groups (broad SMARTS) is 1. The number of amides is 2. The molecule has 172 valence electrons. The standard InChI is InChI=1S/C24H32N4O4/c1-4-6-7-8-9-15-26-24(31)28(3)21-14-16-25-22(27-21)19-12-10-18(11-13-19)17-20(23(29)30)32-5-2/h10-14,16-17H,4-9,15H2,1-3H3,(H,26,31)(H,29,30)/b20-17-. The van der Waals surface area contributed by atoms with Gasteiger partial charge in [-0.2, -0.15) is 0 Å². The lowest BCUT2D eigenvalue weighted by atomic mass is 10.1. The molecule has 0 saturated carbocycles. The number of hydrogen-bond acceptors (Lipinski definition) is 5. The van der Waals surface area contributed by atoms with Crippen LogP contribution >= 0.6 is 0 Å². The highest BCUT2D eigenvalue weighted by Crippen LogP contribution is 2.20. The molecule has 0 aliphatic rings. The minimum atomic E-state index is -1.12. The van der Waals surface area contributed by atoms with Crippen LogP contribution < -0.4 is 10.2 Å². The minimum Gasteiger partial charge on any atom is -0.487 e. The van der Waals surface area contributed by atoms with Crippen LogP contribution in [0.2, 0.25) is 0 Å².